The Kier molecular flexibility index (Phi) is 2.96. The van der Waals surface area contributed by atoms with Crippen LogP contribution in [-0.4, -0.2) is 38.2 Å². The molecule has 1 saturated carbocycles. The van der Waals surface area contributed by atoms with Crippen LogP contribution in [0.2, 0.25) is 0 Å². The lowest BCUT2D eigenvalue weighted by Gasteiger charge is -2.32. The Hall–Kier alpha value is -2.28. The van der Waals surface area contributed by atoms with Crippen LogP contribution >= 0.6 is 0 Å². The van der Waals surface area contributed by atoms with Crippen molar-refractivity contribution in [2.75, 3.05) is 0 Å². The molecule has 0 atom stereocenters. The van der Waals surface area contributed by atoms with Gasteiger partial charge in [0.15, 0.2) is 0 Å². The SMILES string of the molecule is NC1CC(NC(=O)c2ccc(-n3cnnn3)cc2)C1. The summed E-state index contributed by atoms with van der Waals surface area (Å²) in [5, 5.41) is 13.9. The Labute approximate surface area is 109 Å². The van der Waals surface area contributed by atoms with Crippen molar-refractivity contribution in [1.29, 1.82) is 0 Å². The fourth-order valence-corrected chi connectivity index (χ4v) is 2.09. The molecule has 1 aliphatic carbocycles. The normalized spacial score (nSPS) is 21.7. The van der Waals surface area contributed by atoms with Crippen LogP contribution < -0.4 is 11.1 Å². The smallest absolute Gasteiger partial charge is 0.251 e. The van der Waals surface area contributed by atoms with E-state index in [1.165, 1.54) is 11.0 Å². The molecule has 0 unspecified atom stereocenters. The average Bonchev–Trinajstić information content (AvgIpc) is 2.91. The van der Waals surface area contributed by atoms with E-state index in [1.807, 2.05) is 0 Å². The number of aromatic nitrogens is 4. The highest BCUT2D eigenvalue weighted by Crippen LogP contribution is 2.18. The summed E-state index contributed by atoms with van der Waals surface area (Å²) in [5.41, 5.74) is 7.12. The Morgan fingerprint density at radius 3 is 2.63 bits per heavy atom. The van der Waals surface area contributed by atoms with Crippen molar-refractivity contribution in [3.05, 3.63) is 36.2 Å². The van der Waals surface area contributed by atoms with Crippen molar-refractivity contribution < 1.29 is 4.79 Å². The predicted molar refractivity (Wildman–Crippen MR) is 67.6 cm³/mol. The molecule has 3 N–H and O–H groups in total. The second kappa shape index (κ2) is 4.77. The van der Waals surface area contributed by atoms with Crippen LogP contribution in [0.3, 0.4) is 0 Å². The topological polar surface area (TPSA) is 98.7 Å². The van der Waals surface area contributed by atoms with E-state index in [-0.39, 0.29) is 18.0 Å². The number of benzene rings is 1. The molecule has 7 nitrogen and oxygen atoms in total. The zero-order chi connectivity index (χ0) is 13.2. The fourth-order valence-electron chi connectivity index (χ4n) is 2.09. The summed E-state index contributed by atoms with van der Waals surface area (Å²) in [5.74, 6) is -0.0693. The summed E-state index contributed by atoms with van der Waals surface area (Å²) in [6, 6.07) is 7.56. The minimum absolute atomic E-state index is 0.0693. The third kappa shape index (κ3) is 2.45. The Bertz CT molecular complexity index is 558. The van der Waals surface area contributed by atoms with Gasteiger partial charge < -0.3 is 11.1 Å². The molecule has 1 aromatic heterocycles. The van der Waals surface area contributed by atoms with Crippen LogP contribution in [0.25, 0.3) is 5.69 Å². The predicted octanol–water partition coefficient (Wildman–Crippen LogP) is -0.118. The lowest BCUT2D eigenvalue weighted by atomic mass is 9.87. The van der Waals surface area contributed by atoms with E-state index in [4.69, 9.17) is 5.73 Å². The maximum absolute atomic E-state index is 12.0. The van der Waals surface area contributed by atoms with Crippen LogP contribution in [0.4, 0.5) is 0 Å². The van der Waals surface area contributed by atoms with E-state index in [9.17, 15) is 4.79 Å². The molecular weight excluding hydrogens is 244 g/mol. The van der Waals surface area contributed by atoms with Gasteiger partial charge in [-0.25, -0.2) is 4.68 Å². The standard InChI is InChI=1S/C12H14N6O/c13-9-5-10(6-9)15-12(19)8-1-3-11(4-2-8)18-7-14-16-17-18/h1-4,7,9-10H,5-6,13H2,(H,15,19). The quantitative estimate of drug-likeness (QED) is 0.799. The van der Waals surface area contributed by atoms with Crippen LogP contribution in [0, 0.1) is 0 Å². The van der Waals surface area contributed by atoms with E-state index in [1.54, 1.807) is 24.3 Å². The molecule has 1 amide bonds. The van der Waals surface area contributed by atoms with Crippen molar-refractivity contribution in [2.24, 2.45) is 5.73 Å². The highest BCUT2D eigenvalue weighted by atomic mass is 16.1. The van der Waals surface area contributed by atoms with Crippen LogP contribution in [0.1, 0.15) is 23.2 Å². The van der Waals surface area contributed by atoms with Gasteiger partial charge in [-0.3, -0.25) is 4.79 Å². The number of carbonyl (C=O) groups excluding carboxylic acids is 1. The number of nitrogens with zero attached hydrogens (tertiary/aromatic N) is 4. The molecule has 3 rings (SSSR count). The maximum atomic E-state index is 12.0. The highest BCUT2D eigenvalue weighted by molar-refractivity contribution is 5.94. The van der Waals surface area contributed by atoms with Crippen LogP contribution in [0.5, 0.6) is 0 Å². The number of tetrazole rings is 1. The van der Waals surface area contributed by atoms with Gasteiger partial charge in [-0.05, 0) is 47.5 Å². The van der Waals surface area contributed by atoms with Gasteiger partial charge in [-0.1, -0.05) is 0 Å². The second-order valence-electron chi connectivity index (χ2n) is 4.70. The summed E-state index contributed by atoms with van der Waals surface area (Å²) < 4.78 is 1.53. The number of rotatable bonds is 3. The molecule has 0 spiro atoms. The molecule has 7 heteroatoms. The van der Waals surface area contributed by atoms with Crippen molar-refractivity contribution in [3.63, 3.8) is 0 Å². The molecule has 1 aliphatic rings. The molecule has 1 fully saturated rings. The van der Waals surface area contributed by atoms with Crippen molar-refractivity contribution in [3.8, 4) is 5.69 Å². The number of carbonyl (C=O) groups is 1. The van der Waals surface area contributed by atoms with Crippen molar-refractivity contribution in [2.45, 2.75) is 24.9 Å². The first kappa shape index (κ1) is 11.8. The molecule has 0 bridgehead atoms. The van der Waals surface area contributed by atoms with Crippen molar-refractivity contribution >= 4 is 5.91 Å². The molecule has 0 saturated heterocycles. The monoisotopic (exact) mass is 258 g/mol. The van der Waals surface area contributed by atoms with Gasteiger partial charge in [0, 0.05) is 17.6 Å². The zero-order valence-corrected chi connectivity index (χ0v) is 10.2. The molecule has 0 aliphatic heterocycles. The van der Waals surface area contributed by atoms with Gasteiger partial charge in [-0.15, -0.1) is 5.10 Å². The third-order valence-electron chi connectivity index (χ3n) is 3.25. The molecule has 1 aromatic carbocycles. The first-order valence-corrected chi connectivity index (χ1v) is 6.12. The van der Waals surface area contributed by atoms with Gasteiger partial charge in [-0.2, -0.15) is 0 Å². The molecule has 19 heavy (non-hydrogen) atoms. The summed E-state index contributed by atoms with van der Waals surface area (Å²) in [6.45, 7) is 0. The third-order valence-corrected chi connectivity index (χ3v) is 3.25. The highest BCUT2D eigenvalue weighted by Gasteiger charge is 2.27. The molecule has 1 heterocycles. The van der Waals surface area contributed by atoms with E-state index >= 15 is 0 Å². The van der Waals surface area contributed by atoms with Crippen molar-refractivity contribution in [1.82, 2.24) is 25.5 Å². The van der Waals surface area contributed by atoms with Gasteiger partial charge >= 0.3 is 0 Å². The number of hydrogen-bond acceptors (Lipinski definition) is 5. The molecule has 0 radical (unpaired) electrons. The molecular formula is C12H14N6O. The second-order valence-corrected chi connectivity index (χ2v) is 4.70. The Morgan fingerprint density at radius 2 is 2.05 bits per heavy atom. The minimum atomic E-state index is -0.0693. The summed E-state index contributed by atoms with van der Waals surface area (Å²) in [7, 11) is 0. The lowest BCUT2D eigenvalue weighted by molar-refractivity contribution is 0.0910. The number of nitrogens with two attached hydrogens (primary N) is 1. The number of nitrogens with one attached hydrogen (secondary N) is 1. The summed E-state index contributed by atoms with van der Waals surface area (Å²) in [4.78, 5) is 12.0. The number of hydrogen-bond donors (Lipinski definition) is 2. The van der Waals surface area contributed by atoms with Gasteiger partial charge in [0.05, 0.1) is 5.69 Å². The average molecular weight is 258 g/mol. The zero-order valence-electron chi connectivity index (χ0n) is 10.2. The van der Waals surface area contributed by atoms with E-state index in [0.29, 0.717) is 5.56 Å². The van der Waals surface area contributed by atoms with E-state index in [0.717, 1.165) is 18.5 Å². The summed E-state index contributed by atoms with van der Waals surface area (Å²) in [6.07, 6.45) is 3.22. The fraction of sp³-hybridized carbons (Fsp3) is 0.333. The largest absolute Gasteiger partial charge is 0.349 e. The Morgan fingerprint density at radius 1 is 1.32 bits per heavy atom. The van der Waals surface area contributed by atoms with Gasteiger partial charge in [0.2, 0.25) is 0 Å². The maximum Gasteiger partial charge on any atom is 0.251 e. The van der Waals surface area contributed by atoms with E-state index < -0.39 is 0 Å². The summed E-state index contributed by atoms with van der Waals surface area (Å²) >= 11 is 0. The van der Waals surface area contributed by atoms with Crippen LogP contribution in [-0.2, 0) is 0 Å². The Balaban J connectivity index is 1.67. The molecule has 98 valence electrons. The van der Waals surface area contributed by atoms with Crippen LogP contribution in [0.15, 0.2) is 30.6 Å². The minimum Gasteiger partial charge on any atom is -0.349 e. The van der Waals surface area contributed by atoms with Gasteiger partial charge in [0.25, 0.3) is 5.91 Å². The molecule has 2 aromatic rings. The van der Waals surface area contributed by atoms with E-state index in [2.05, 4.69) is 20.8 Å². The first-order chi connectivity index (χ1) is 9.22. The number of amides is 1. The first-order valence-electron chi connectivity index (χ1n) is 6.12. The lowest BCUT2D eigenvalue weighted by Crippen LogP contribution is -2.50. The van der Waals surface area contributed by atoms with Gasteiger partial charge in [0.1, 0.15) is 6.33 Å².